The van der Waals surface area contributed by atoms with E-state index >= 15 is 0 Å². The van der Waals surface area contributed by atoms with Crippen LogP contribution in [-0.4, -0.2) is 43.5 Å². The fourth-order valence-electron chi connectivity index (χ4n) is 1.04. The van der Waals surface area contributed by atoms with E-state index in [1.807, 2.05) is 0 Å². The van der Waals surface area contributed by atoms with E-state index in [2.05, 4.69) is 25.9 Å². The highest BCUT2D eigenvalue weighted by atomic mass is 79.9. The quantitative estimate of drug-likeness (QED) is 0.542. The first kappa shape index (κ1) is 14.6. The van der Waals surface area contributed by atoms with Crippen molar-refractivity contribution in [1.29, 1.82) is 0 Å². The summed E-state index contributed by atoms with van der Waals surface area (Å²) < 4.78 is 16.3. The van der Waals surface area contributed by atoms with Crippen molar-refractivity contribution in [2.75, 3.05) is 33.5 Å². The molecule has 0 amide bonds. The van der Waals surface area contributed by atoms with Gasteiger partial charge in [-0.15, -0.1) is 0 Å². The largest absolute Gasteiger partial charge is 0.474 e. The molecule has 1 aromatic rings. The Hall–Kier alpha value is -0.430. The van der Waals surface area contributed by atoms with Gasteiger partial charge in [0, 0.05) is 26.5 Å². The first-order valence-corrected chi connectivity index (χ1v) is 6.28. The third-order valence-electron chi connectivity index (χ3n) is 1.79. The molecule has 0 aliphatic rings. The summed E-state index contributed by atoms with van der Waals surface area (Å²) in [4.78, 5) is 7.73. The molecule has 0 aromatic carbocycles. The van der Waals surface area contributed by atoms with Gasteiger partial charge >= 0.3 is 0 Å². The summed E-state index contributed by atoms with van der Waals surface area (Å²) in [6.45, 7) is 2.27. The van der Waals surface area contributed by atoms with E-state index in [1.54, 1.807) is 13.3 Å². The predicted molar refractivity (Wildman–Crippen MR) is 67.5 cm³/mol. The Morgan fingerprint density at radius 1 is 1.29 bits per heavy atom. The Morgan fingerprint density at radius 3 is 2.88 bits per heavy atom. The summed E-state index contributed by atoms with van der Waals surface area (Å²) in [5.74, 6) is 0.422. The molecule has 0 fully saturated rings. The van der Waals surface area contributed by atoms with Crippen LogP contribution in [0.25, 0.3) is 0 Å². The molecule has 1 rings (SSSR count). The highest BCUT2D eigenvalue weighted by Gasteiger charge is 2.04. The molecule has 0 aliphatic heterocycles. The van der Waals surface area contributed by atoms with Crippen LogP contribution in [-0.2, 0) is 9.47 Å². The van der Waals surface area contributed by atoms with Crippen molar-refractivity contribution in [3.8, 4) is 5.88 Å². The number of ether oxygens (including phenoxy) is 3. The SMILES string of the molecule is COCCCOCCOc1nc(Cl)ncc1Br. The number of rotatable bonds is 8. The van der Waals surface area contributed by atoms with E-state index in [0.717, 1.165) is 6.42 Å². The summed E-state index contributed by atoms with van der Waals surface area (Å²) in [5.41, 5.74) is 0. The van der Waals surface area contributed by atoms with Crippen LogP contribution < -0.4 is 4.74 Å². The van der Waals surface area contributed by atoms with E-state index in [9.17, 15) is 0 Å². The Bertz CT molecular complexity index is 341. The summed E-state index contributed by atoms with van der Waals surface area (Å²) in [6.07, 6.45) is 2.42. The van der Waals surface area contributed by atoms with E-state index < -0.39 is 0 Å². The molecule has 0 aliphatic carbocycles. The number of methoxy groups -OCH3 is 1. The van der Waals surface area contributed by atoms with Gasteiger partial charge in [-0.2, -0.15) is 4.98 Å². The maximum atomic E-state index is 5.65. The first-order valence-electron chi connectivity index (χ1n) is 5.11. The zero-order chi connectivity index (χ0) is 12.5. The molecule has 17 heavy (non-hydrogen) atoms. The Balaban J connectivity index is 2.15. The molecule has 5 nitrogen and oxygen atoms in total. The van der Waals surface area contributed by atoms with Gasteiger partial charge in [0.25, 0.3) is 0 Å². The van der Waals surface area contributed by atoms with Crippen LogP contribution in [0.4, 0.5) is 0 Å². The zero-order valence-corrected chi connectivity index (χ0v) is 11.8. The lowest BCUT2D eigenvalue weighted by Crippen LogP contribution is -2.09. The van der Waals surface area contributed by atoms with Gasteiger partial charge in [0.15, 0.2) is 0 Å². The second-order valence-corrected chi connectivity index (χ2v) is 4.29. The van der Waals surface area contributed by atoms with Gasteiger partial charge in [0.1, 0.15) is 6.61 Å². The van der Waals surface area contributed by atoms with Crippen LogP contribution in [0.1, 0.15) is 6.42 Å². The molecule has 1 heterocycles. The predicted octanol–water partition coefficient (Wildman–Crippen LogP) is 2.32. The lowest BCUT2D eigenvalue weighted by atomic mass is 10.5. The molecule has 0 saturated heterocycles. The van der Waals surface area contributed by atoms with Crippen molar-refractivity contribution in [3.63, 3.8) is 0 Å². The van der Waals surface area contributed by atoms with Crippen molar-refractivity contribution < 1.29 is 14.2 Å². The normalized spacial score (nSPS) is 10.5. The first-order chi connectivity index (χ1) is 8.24. The molecule has 0 saturated carbocycles. The van der Waals surface area contributed by atoms with E-state index in [0.29, 0.717) is 36.8 Å². The van der Waals surface area contributed by atoms with E-state index in [4.69, 9.17) is 25.8 Å². The number of halogens is 2. The molecular formula is C10H14BrClN2O3. The van der Waals surface area contributed by atoms with Crippen LogP contribution in [0.15, 0.2) is 10.7 Å². The molecule has 7 heteroatoms. The van der Waals surface area contributed by atoms with Crippen LogP contribution in [0, 0.1) is 0 Å². The van der Waals surface area contributed by atoms with E-state index in [-0.39, 0.29) is 5.28 Å². The molecule has 0 N–H and O–H groups in total. The maximum absolute atomic E-state index is 5.65. The average Bonchev–Trinajstić information content (AvgIpc) is 2.32. The standard InChI is InChI=1S/C10H14BrClN2O3/c1-15-3-2-4-16-5-6-17-9-8(11)7-13-10(12)14-9/h7H,2-6H2,1H3. The maximum Gasteiger partial charge on any atom is 0.232 e. The van der Waals surface area contributed by atoms with Crippen molar-refractivity contribution in [1.82, 2.24) is 9.97 Å². The van der Waals surface area contributed by atoms with Gasteiger partial charge in [-0.1, -0.05) is 0 Å². The fraction of sp³-hybridized carbons (Fsp3) is 0.600. The molecule has 0 spiro atoms. The van der Waals surface area contributed by atoms with Gasteiger partial charge in [0.2, 0.25) is 11.2 Å². The molecule has 96 valence electrons. The number of hydrogen-bond donors (Lipinski definition) is 0. The second kappa shape index (κ2) is 8.63. The van der Waals surface area contributed by atoms with Crippen molar-refractivity contribution in [2.45, 2.75) is 6.42 Å². The van der Waals surface area contributed by atoms with Crippen molar-refractivity contribution in [3.05, 3.63) is 16.0 Å². The third-order valence-corrected chi connectivity index (χ3v) is 2.51. The third kappa shape index (κ3) is 6.16. The second-order valence-electron chi connectivity index (χ2n) is 3.10. The summed E-state index contributed by atoms with van der Waals surface area (Å²) in [5, 5.41) is 0.157. The van der Waals surface area contributed by atoms with Crippen LogP contribution in [0.5, 0.6) is 5.88 Å². The molecule has 0 radical (unpaired) electrons. The Morgan fingerprint density at radius 2 is 2.12 bits per heavy atom. The minimum Gasteiger partial charge on any atom is -0.474 e. The number of nitrogens with zero attached hydrogens (tertiary/aromatic N) is 2. The highest BCUT2D eigenvalue weighted by Crippen LogP contribution is 2.22. The fourth-order valence-corrected chi connectivity index (χ4v) is 1.47. The molecule has 0 unspecified atom stereocenters. The summed E-state index contributed by atoms with van der Waals surface area (Å²) in [7, 11) is 1.67. The molecule has 0 bridgehead atoms. The van der Waals surface area contributed by atoms with Gasteiger partial charge in [-0.3, -0.25) is 0 Å². The molecule has 0 atom stereocenters. The van der Waals surface area contributed by atoms with Crippen LogP contribution in [0.2, 0.25) is 5.28 Å². The monoisotopic (exact) mass is 324 g/mol. The van der Waals surface area contributed by atoms with Gasteiger partial charge < -0.3 is 14.2 Å². The van der Waals surface area contributed by atoms with Crippen molar-refractivity contribution in [2.24, 2.45) is 0 Å². The van der Waals surface area contributed by atoms with Crippen LogP contribution >= 0.6 is 27.5 Å². The average molecular weight is 326 g/mol. The minimum absolute atomic E-state index is 0.157. The minimum atomic E-state index is 0.157. The molecular weight excluding hydrogens is 311 g/mol. The Kier molecular flexibility index (Phi) is 7.43. The summed E-state index contributed by atoms with van der Waals surface area (Å²) in [6, 6.07) is 0. The zero-order valence-electron chi connectivity index (χ0n) is 9.49. The number of hydrogen-bond acceptors (Lipinski definition) is 5. The smallest absolute Gasteiger partial charge is 0.232 e. The van der Waals surface area contributed by atoms with Crippen molar-refractivity contribution >= 4 is 27.5 Å². The lowest BCUT2D eigenvalue weighted by Gasteiger charge is -2.07. The van der Waals surface area contributed by atoms with Gasteiger partial charge in [-0.25, -0.2) is 4.98 Å². The molecule has 1 aromatic heterocycles. The topological polar surface area (TPSA) is 53.5 Å². The highest BCUT2D eigenvalue weighted by molar-refractivity contribution is 9.10. The van der Waals surface area contributed by atoms with Gasteiger partial charge in [-0.05, 0) is 34.0 Å². The van der Waals surface area contributed by atoms with Crippen LogP contribution in [0.3, 0.4) is 0 Å². The van der Waals surface area contributed by atoms with E-state index in [1.165, 1.54) is 0 Å². The lowest BCUT2D eigenvalue weighted by molar-refractivity contribution is 0.0793. The van der Waals surface area contributed by atoms with Gasteiger partial charge in [0.05, 0.1) is 11.1 Å². The Labute approximate surface area is 114 Å². The number of aromatic nitrogens is 2. The summed E-state index contributed by atoms with van der Waals surface area (Å²) >= 11 is 8.91.